The minimum absolute atomic E-state index is 0.249. The lowest BCUT2D eigenvalue weighted by atomic mass is 10.2. The minimum atomic E-state index is -0.249. The van der Waals surface area contributed by atoms with Gasteiger partial charge < -0.3 is 0 Å². The fourth-order valence-corrected chi connectivity index (χ4v) is 1.50. The van der Waals surface area contributed by atoms with Crippen LogP contribution in [0.1, 0.15) is 6.42 Å². The second-order valence-corrected chi connectivity index (χ2v) is 2.93. The van der Waals surface area contributed by atoms with Crippen LogP contribution in [0.4, 0.5) is 0 Å². The van der Waals surface area contributed by atoms with E-state index in [4.69, 9.17) is 9.78 Å². The second-order valence-electron chi connectivity index (χ2n) is 2.14. The molecule has 0 aromatic carbocycles. The van der Waals surface area contributed by atoms with Gasteiger partial charge in [-0.2, -0.15) is 9.78 Å². The van der Waals surface area contributed by atoms with Crippen LogP contribution >= 0.6 is 11.9 Å². The Morgan fingerprint density at radius 2 is 2.33 bits per heavy atom. The maximum atomic E-state index is 4.82. The standard InChI is InChI=1S/C4H8N2O2S/c1-2-5-6-9-3-4(1)7-8-4/h5-6H,1-3H2. The third kappa shape index (κ3) is 1.20. The van der Waals surface area contributed by atoms with Gasteiger partial charge in [0, 0.05) is 13.0 Å². The first-order chi connectivity index (χ1) is 4.41. The van der Waals surface area contributed by atoms with Gasteiger partial charge in [0.15, 0.2) is 0 Å². The molecule has 0 unspecified atom stereocenters. The SMILES string of the molecule is C1CC2(CSNN1)OO2. The van der Waals surface area contributed by atoms with Crippen molar-refractivity contribution in [2.45, 2.75) is 12.2 Å². The fraction of sp³-hybridized carbons (Fsp3) is 1.00. The highest BCUT2D eigenvalue weighted by molar-refractivity contribution is 7.97. The summed E-state index contributed by atoms with van der Waals surface area (Å²) in [4.78, 5) is 12.6. The molecular formula is C4H8N2O2S. The van der Waals surface area contributed by atoms with Crippen LogP contribution in [0.5, 0.6) is 0 Å². The molecule has 0 amide bonds. The van der Waals surface area contributed by atoms with Crippen LogP contribution in [0, 0.1) is 0 Å². The van der Waals surface area contributed by atoms with Crippen molar-refractivity contribution in [1.82, 2.24) is 10.3 Å². The second kappa shape index (κ2) is 2.10. The van der Waals surface area contributed by atoms with Gasteiger partial charge in [-0.1, -0.05) is 11.9 Å². The predicted molar refractivity (Wildman–Crippen MR) is 33.1 cm³/mol. The highest BCUT2D eigenvalue weighted by Crippen LogP contribution is 2.36. The van der Waals surface area contributed by atoms with Crippen molar-refractivity contribution < 1.29 is 9.78 Å². The van der Waals surface area contributed by atoms with E-state index in [0.29, 0.717) is 0 Å². The Bertz CT molecular complexity index is 107. The van der Waals surface area contributed by atoms with E-state index >= 15 is 0 Å². The summed E-state index contributed by atoms with van der Waals surface area (Å²) in [5.41, 5.74) is 3.00. The Morgan fingerprint density at radius 1 is 1.44 bits per heavy atom. The Kier molecular flexibility index (Phi) is 1.39. The number of hydrogen-bond acceptors (Lipinski definition) is 5. The first-order valence-corrected chi connectivity index (χ1v) is 3.86. The molecule has 4 nitrogen and oxygen atoms in total. The van der Waals surface area contributed by atoms with E-state index in [1.807, 2.05) is 0 Å². The lowest BCUT2D eigenvalue weighted by Crippen LogP contribution is -2.24. The monoisotopic (exact) mass is 148 g/mol. The molecule has 0 radical (unpaired) electrons. The average molecular weight is 148 g/mol. The summed E-state index contributed by atoms with van der Waals surface area (Å²) in [5, 5.41) is 0. The third-order valence-corrected chi connectivity index (χ3v) is 2.26. The van der Waals surface area contributed by atoms with Crippen LogP contribution in [-0.2, 0) is 9.78 Å². The molecule has 2 heterocycles. The summed E-state index contributed by atoms with van der Waals surface area (Å²) in [5.74, 6) is 0.612. The fourth-order valence-electron chi connectivity index (χ4n) is 0.764. The van der Waals surface area contributed by atoms with Crippen LogP contribution in [0.3, 0.4) is 0 Å². The highest BCUT2D eigenvalue weighted by Gasteiger charge is 2.49. The number of nitrogens with one attached hydrogen (secondary N) is 2. The molecule has 0 saturated carbocycles. The van der Waals surface area contributed by atoms with Crippen molar-refractivity contribution in [1.29, 1.82) is 0 Å². The molecule has 2 fully saturated rings. The van der Waals surface area contributed by atoms with Gasteiger partial charge in [0.2, 0.25) is 5.79 Å². The molecule has 0 aliphatic carbocycles. The molecule has 0 atom stereocenters. The van der Waals surface area contributed by atoms with Crippen LogP contribution < -0.4 is 10.3 Å². The maximum Gasteiger partial charge on any atom is 0.245 e. The van der Waals surface area contributed by atoms with Gasteiger partial charge in [-0.3, -0.25) is 0 Å². The summed E-state index contributed by atoms with van der Waals surface area (Å²) in [6, 6.07) is 0. The zero-order valence-electron chi connectivity index (χ0n) is 4.85. The first-order valence-electron chi connectivity index (χ1n) is 2.88. The Morgan fingerprint density at radius 3 is 3.11 bits per heavy atom. The summed E-state index contributed by atoms with van der Waals surface area (Å²) in [6.45, 7) is 0.896. The molecule has 1 spiro atoms. The van der Waals surface area contributed by atoms with E-state index < -0.39 is 0 Å². The largest absolute Gasteiger partial charge is 0.248 e. The average Bonchev–Trinajstić information content (AvgIpc) is 2.64. The third-order valence-electron chi connectivity index (χ3n) is 1.39. The normalized spacial score (nSPS) is 32.0. The molecule has 52 valence electrons. The van der Waals surface area contributed by atoms with E-state index in [0.717, 1.165) is 18.7 Å². The maximum absolute atomic E-state index is 4.82. The van der Waals surface area contributed by atoms with Crippen molar-refractivity contribution in [3.05, 3.63) is 0 Å². The van der Waals surface area contributed by atoms with E-state index in [-0.39, 0.29) is 5.79 Å². The summed E-state index contributed by atoms with van der Waals surface area (Å²) >= 11 is 1.57. The van der Waals surface area contributed by atoms with Crippen LogP contribution in [0.15, 0.2) is 0 Å². The Hall–Kier alpha value is 0.190. The van der Waals surface area contributed by atoms with Gasteiger partial charge in [-0.05, 0) is 0 Å². The topological polar surface area (TPSA) is 49.1 Å². The molecule has 2 aliphatic rings. The van der Waals surface area contributed by atoms with Crippen molar-refractivity contribution in [2.75, 3.05) is 12.3 Å². The zero-order valence-corrected chi connectivity index (χ0v) is 5.66. The quantitative estimate of drug-likeness (QED) is 0.283. The number of hydrogen-bond donors (Lipinski definition) is 2. The molecular weight excluding hydrogens is 140 g/mol. The molecule has 0 aromatic rings. The van der Waals surface area contributed by atoms with Gasteiger partial charge in [0.1, 0.15) is 0 Å². The van der Waals surface area contributed by atoms with Crippen LogP contribution in [0.2, 0.25) is 0 Å². The number of rotatable bonds is 0. The molecule has 2 rings (SSSR count). The Balaban J connectivity index is 1.92. The van der Waals surface area contributed by atoms with Crippen molar-refractivity contribution in [3.8, 4) is 0 Å². The molecule has 2 saturated heterocycles. The molecule has 5 heteroatoms. The van der Waals surface area contributed by atoms with Gasteiger partial charge in [0.25, 0.3) is 0 Å². The zero-order chi connectivity index (χ0) is 6.16. The van der Waals surface area contributed by atoms with E-state index in [2.05, 4.69) is 10.3 Å². The highest BCUT2D eigenvalue weighted by atomic mass is 32.2. The van der Waals surface area contributed by atoms with Crippen LogP contribution in [0.25, 0.3) is 0 Å². The van der Waals surface area contributed by atoms with Gasteiger partial charge in [-0.15, -0.1) is 0 Å². The van der Waals surface area contributed by atoms with E-state index in [1.54, 1.807) is 11.9 Å². The lowest BCUT2D eigenvalue weighted by molar-refractivity contribution is 0.0850. The smallest absolute Gasteiger partial charge is 0.245 e. The van der Waals surface area contributed by atoms with Crippen molar-refractivity contribution in [2.24, 2.45) is 0 Å². The summed E-state index contributed by atoms with van der Waals surface area (Å²) in [7, 11) is 0. The van der Waals surface area contributed by atoms with Gasteiger partial charge in [-0.25, -0.2) is 10.3 Å². The molecule has 9 heavy (non-hydrogen) atoms. The number of hydrazine groups is 1. The van der Waals surface area contributed by atoms with Crippen molar-refractivity contribution in [3.63, 3.8) is 0 Å². The molecule has 2 aliphatic heterocycles. The Labute approximate surface area is 57.3 Å². The van der Waals surface area contributed by atoms with E-state index in [1.165, 1.54) is 0 Å². The lowest BCUT2D eigenvalue weighted by Gasteiger charge is -1.95. The summed E-state index contributed by atoms with van der Waals surface area (Å²) in [6.07, 6.45) is 0.924. The van der Waals surface area contributed by atoms with Gasteiger partial charge >= 0.3 is 0 Å². The summed E-state index contributed by atoms with van der Waals surface area (Å²) < 4.78 is 0. The molecule has 0 bridgehead atoms. The van der Waals surface area contributed by atoms with Gasteiger partial charge in [0.05, 0.1) is 5.75 Å². The van der Waals surface area contributed by atoms with Crippen molar-refractivity contribution >= 4 is 11.9 Å². The minimum Gasteiger partial charge on any atom is -0.248 e. The molecule has 0 aromatic heterocycles. The van der Waals surface area contributed by atoms with E-state index in [9.17, 15) is 0 Å². The molecule has 2 N–H and O–H groups in total. The predicted octanol–water partition coefficient (Wildman–Crippen LogP) is -0.209. The van der Waals surface area contributed by atoms with Crippen LogP contribution in [-0.4, -0.2) is 18.1 Å². The first kappa shape index (κ1) is 5.94.